The molecule has 7 heteroatoms. The molecule has 24 heavy (non-hydrogen) atoms. The van der Waals surface area contributed by atoms with Gasteiger partial charge in [-0.25, -0.2) is 0 Å². The van der Waals surface area contributed by atoms with E-state index in [1.165, 1.54) is 13.3 Å². The Morgan fingerprint density at radius 1 is 1.12 bits per heavy atom. The molecule has 5 nitrogen and oxygen atoms in total. The number of carbonyl (C=O) groups is 2. The highest BCUT2D eigenvalue weighted by Gasteiger charge is 2.22. The second-order valence-corrected chi connectivity index (χ2v) is 5.81. The summed E-state index contributed by atoms with van der Waals surface area (Å²) in [7, 11) is 1.53. The van der Waals surface area contributed by atoms with Crippen LogP contribution >= 0.6 is 23.2 Å². The first-order valence-electron chi connectivity index (χ1n) is 6.96. The summed E-state index contributed by atoms with van der Waals surface area (Å²) in [6, 6.07) is 10.0. The third kappa shape index (κ3) is 2.96. The van der Waals surface area contributed by atoms with E-state index in [0.717, 1.165) is 5.52 Å². The highest BCUT2D eigenvalue weighted by atomic mass is 35.5. The maximum atomic E-state index is 12.5. The Balaban J connectivity index is 1.93. The lowest BCUT2D eigenvalue weighted by molar-refractivity contribution is -0.112. The summed E-state index contributed by atoms with van der Waals surface area (Å²) in [4.78, 5) is 27.7. The first-order chi connectivity index (χ1) is 11.5. The highest BCUT2D eigenvalue weighted by Crippen LogP contribution is 2.30. The molecule has 0 saturated carbocycles. The van der Waals surface area contributed by atoms with Crippen molar-refractivity contribution in [2.45, 2.75) is 0 Å². The zero-order valence-corrected chi connectivity index (χ0v) is 14.0. The van der Waals surface area contributed by atoms with E-state index in [2.05, 4.69) is 10.3 Å². The van der Waals surface area contributed by atoms with E-state index in [1.807, 2.05) is 0 Å². The molecule has 0 aliphatic rings. The van der Waals surface area contributed by atoms with Gasteiger partial charge >= 0.3 is 0 Å². The number of methoxy groups -OCH3 is 1. The number of aromatic nitrogens is 1. The van der Waals surface area contributed by atoms with E-state index >= 15 is 0 Å². The van der Waals surface area contributed by atoms with Gasteiger partial charge in [-0.05, 0) is 30.3 Å². The Labute approximate surface area is 147 Å². The summed E-state index contributed by atoms with van der Waals surface area (Å²) in [5, 5.41) is 3.57. The molecule has 0 aliphatic carbocycles. The summed E-state index contributed by atoms with van der Waals surface area (Å²) < 4.78 is 5.15. The number of para-hydroxylation sites is 1. The van der Waals surface area contributed by atoms with Crippen LogP contribution < -0.4 is 10.1 Å². The number of halogens is 2. The predicted molar refractivity (Wildman–Crippen MR) is 94.3 cm³/mol. The Kier molecular flexibility index (Phi) is 4.46. The fourth-order valence-corrected chi connectivity index (χ4v) is 2.82. The topological polar surface area (TPSA) is 71.2 Å². The van der Waals surface area contributed by atoms with E-state index in [9.17, 15) is 9.59 Å². The lowest BCUT2D eigenvalue weighted by Crippen LogP contribution is -2.23. The summed E-state index contributed by atoms with van der Waals surface area (Å²) in [6.45, 7) is 0. The number of anilines is 1. The monoisotopic (exact) mass is 362 g/mol. The number of hydrogen-bond acceptors (Lipinski definition) is 3. The summed E-state index contributed by atoms with van der Waals surface area (Å²) in [5.74, 6) is -0.940. The maximum absolute atomic E-state index is 12.5. The van der Waals surface area contributed by atoms with Crippen LogP contribution in [-0.4, -0.2) is 23.8 Å². The van der Waals surface area contributed by atoms with E-state index in [-0.39, 0.29) is 21.3 Å². The second kappa shape index (κ2) is 6.55. The summed E-state index contributed by atoms with van der Waals surface area (Å²) in [6.07, 6.45) is 1.49. The van der Waals surface area contributed by atoms with E-state index < -0.39 is 11.7 Å². The van der Waals surface area contributed by atoms with Crippen molar-refractivity contribution in [2.75, 3.05) is 12.4 Å². The third-order valence-corrected chi connectivity index (χ3v) is 4.17. The van der Waals surface area contributed by atoms with Crippen LogP contribution in [-0.2, 0) is 4.79 Å². The van der Waals surface area contributed by atoms with Crippen LogP contribution in [0, 0.1) is 0 Å². The first kappa shape index (κ1) is 16.4. The number of amides is 1. The van der Waals surface area contributed by atoms with Crippen molar-refractivity contribution in [1.82, 2.24) is 4.98 Å². The van der Waals surface area contributed by atoms with Gasteiger partial charge in [-0.3, -0.25) is 9.59 Å². The SMILES string of the molecule is COc1ccc2[nH]cc(C(=O)C(=O)Nc3c(Cl)cccc3Cl)c2c1. The molecule has 0 fully saturated rings. The number of nitrogens with one attached hydrogen (secondary N) is 2. The number of ether oxygens (including phenoxy) is 1. The van der Waals surface area contributed by atoms with Crippen LogP contribution in [0.15, 0.2) is 42.6 Å². The summed E-state index contributed by atoms with van der Waals surface area (Å²) in [5.41, 5.74) is 1.17. The molecule has 0 atom stereocenters. The number of Topliss-reactive ketones (excluding diaryl/α,β-unsaturated/α-hetero) is 1. The number of rotatable bonds is 4. The quantitative estimate of drug-likeness (QED) is 0.536. The van der Waals surface area contributed by atoms with Gasteiger partial charge in [0.1, 0.15) is 5.75 Å². The van der Waals surface area contributed by atoms with Gasteiger partial charge in [0.25, 0.3) is 11.7 Å². The van der Waals surface area contributed by atoms with Gasteiger partial charge in [0.2, 0.25) is 0 Å². The molecule has 2 aromatic carbocycles. The van der Waals surface area contributed by atoms with Gasteiger partial charge in [0.15, 0.2) is 0 Å². The van der Waals surface area contributed by atoms with E-state index in [4.69, 9.17) is 27.9 Å². The van der Waals surface area contributed by atoms with Crippen molar-refractivity contribution < 1.29 is 14.3 Å². The van der Waals surface area contributed by atoms with Gasteiger partial charge in [0, 0.05) is 17.1 Å². The highest BCUT2D eigenvalue weighted by molar-refractivity contribution is 6.50. The van der Waals surface area contributed by atoms with Crippen molar-refractivity contribution >= 4 is 51.5 Å². The number of benzene rings is 2. The molecule has 1 amide bonds. The zero-order chi connectivity index (χ0) is 17.3. The molecule has 3 aromatic rings. The van der Waals surface area contributed by atoms with Gasteiger partial charge in [-0.1, -0.05) is 29.3 Å². The van der Waals surface area contributed by atoms with Crippen LogP contribution in [0.25, 0.3) is 10.9 Å². The van der Waals surface area contributed by atoms with Crippen molar-refractivity contribution in [2.24, 2.45) is 0 Å². The fraction of sp³-hybridized carbons (Fsp3) is 0.0588. The van der Waals surface area contributed by atoms with Crippen LogP contribution in [0.1, 0.15) is 10.4 Å². The Hall–Kier alpha value is -2.50. The third-order valence-electron chi connectivity index (χ3n) is 3.54. The number of hydrogen-bond donors (Lipinski definition) is 2. The molecule has 0 bridgehead atoms. The Morgan fingerprint density at radius 2 is 1.83 bits per heavy atom. The molecular weight excluding hydrogens is 351 g/mol. The van der Waals surface area contributed by atoms with Crippen molar-refractivity contribution in [1.29, 1.82) is 0 Å². The average Bonchev–Trinajstić information content (AvgIpc) is 3.00. The molecule has 0 radical (unpaired) electrons. The first-order valence-corrected chi connectivity index (χ1v) is 7.71. The molecular formula is C17H12Cl2N2O3. The molecule has 122 valence electrons. The normalized spacial score (nSPS) is 10.6. The van der Waals surface area contributed by atoms with Crippen LogP contribution in [0.3, 0.4) is 0 Å². The Bertz CT molecular complexity index is 930. The number of aromatic amines is 1. The van der Waals surface area contributed by atoms with Crippen molar-refractivity contribution in [3.8, 4) is 5.75 Å². The standard InChI is InChI=1S/C17H12Cl2N2O3/c1-24-9-5-6-14-10(7-9)11(8-20-14)16(22)17(23)21-15-12(18)3-2-4-13(15)19/h2-8,20H,1H3,(H,21,23). The predicted octanol–water partition coefficient (Wildman–Crippen LogP) is 4.30. The maximum Gasteiger partial charge on any atom is 0.296 e. The van der Waals surface area contributed by atoms with Crippen LogP contribution in [0.5, 0.6) is 5.75 Å². The van der Waals surface area contributed by atoms with Crippen molar-refractivity contribution in [3.05, 3.63) is 58.2 Å². The Morgan fingerprint density at radius 3 is 2.50 bits per heavy atom. The minimum atomic E-state index is -0.825. The number of fused-ring (bicyclic) bond motifs is 1. The molecule has 0 unspecified atom stereocenters. The fourth-order valence-electron chi connectivity index (χ4n) is 2.32. The lowest BCUT2D eigenvalue weighted by Gasteiger charge is -2.08. The van der Waals surface area contributed by atoms with Gasteiger partial charge in [-0.2, -0.15) is 0 Å². The number of ketones is 1. The van der Waals surface area contributed by atoms with E-state index in [0.29, 0.717) is 11.1 Å². The molecule has 0 aliphatic heterocycles. The molecule has 0 saturated heterocycles. The molecule has 3 rings (SSSR count). The van der Waals surface area contributed by atoms with Gasteiger partial charge < -0.3 is 15.0 Å². The minimum absolute atomic E-state index is 0.205. The zero-order valence-electron chi connectivity index (χ0n) is 12.5. The van der Waals surface area contributed by atoms with Crippen LogP contribution in [0.2, 0.25) is 10.0 Å². The smallest absolute Gasteiger partial charge is 0.296 e. The van der Waals surface area contributed by atoms with E-state index in [1.54, 1.807) is 36.4 Å². The number of H-pyrrole nitrogens is 1. The number of carbonyl (C=O) groups excluding carboxylic acids is 2. The minimum Gasteiger partial charge on any atom is -0.497 e. The summed E-state index contributed by atoms with van der Waals surface area (Å²) >= 11 is 12.0. The average molecular weight is 363 g/mol. The second-order valence-electron chi connectivity index (χ2n) is 4.99. The van der Waals surface area contributed by atoms with Gasteiger partial charge in [-0.15, -0.1) is 0 Å². The van der Waals surface area contributed by atoms with Gasteiger partial charge in [0.05, 0.1) is 28.4 Å². The molecule has 2 N–H and O–H groups in total. The van der Waals surface area contributed by atoms with Crippen molar-refractivity contribution in [3.63, 3.8) is 0 Å². The van der Waals surface area contributed by atoms with Crippen LogP contribution in [0.4, 0.5) is 5.69 Å². The molecule has 0 spiro atoms. The largest absolute Gasteiger partial charge is 0.497 e. The molecule has 1 heterocycles. The lowest BCUT2D eigenvalue weighted by atomic mass is 10.1. The molecule has 1 aromatic heterocycles.